The molecular weight excluding hydrogens is 395 g/mol. The molecule has 0 aliphatic rings. The zero-order chi connectivity index (χ0) is 18.2. The zero-order valence-corrected chi connectivity index (χ0v) is 14.9. The molecule has 0 bridgehead atoms. The van der Waals surface area contributed by atoms with Crippen molar-refractivity contribution in [1.29, 1.82) is 0 Å². The maximum Gasteiger partial charge on any atom is 0.308 e. The van der Waals surface area contributed by atoms with Crippen LogP contribution in [0.1, 0.15) is 13.3 Å². The Kier molecular flexibility index (Phi) is 6.81. The number of aromatic nitrogens is 2. The molecular formula is C16H16BrFN4O3. The van der Waals surface area contributed by atoms with Gasteiger partial charge in [0.15, 0.2) is 6.10 Å². The standard InChI is InChI=1S/C16H16BrFN4O3/c1-10(15(24)22-13-4-3-11(17)9-12(13)18)25-14(23)5-8-21-16-19-6-2-7-20-16/h2-4,6-7,9-10H,5,8H2,1H3,(H,22,24)(H,19,20,21). The molecule has 0 radical (unpaired) electrons. The van der Waals surface area contributed by atoms with Crippen LogP contribution in [0.4, 0.5) is 16.0 Å². The number of hydrogen-bond acceptors (Lipinski definition) is 6. The van der Waals surface area contributed by atoms with Gasteiger partial charge < -0.3 is 15.4 Å². The third kappa shape index (κ3) is 6.11. The van der Waals surface area contributed by atoms with E-state index in [0.29, 0.717) is 10.4 Å². The van der Waals surface area contributed by atoms with Gasteiger partial charge in [0.05, 0.1) is 12.1 Å². The highest BCUT2D eigenvalue weighted by Gasteiger charge is 2.19. The SMILES string of the molecule is CC(OC(=O)CCNc1ncccn1)C(=O)Nc1ccc(Br)cc1F. The van der Waals surface area contributed by atoms with Crippen molar-refractivity contribution in [3.63, 3.8) is 0 Å². The van der Waals surface area contributed by atoms with Gasteiger partial charge in [-0.25, -0.2) is 14.4 Å². The molecule has 0 aliphatic carbocycles. The van der Waals surface area contributed by atoms with Crippen LogP contribution in [0.5, 0.6) is 0 Å². The fraction of sp³-hybridized carbons (Fsp3) is 0.250. The summed E-state index contributed by atoms with van der Waals surface area (Å²) in [5.74, 6) is -1.38. The number of benzene rings is 1. The lowest BCUT2D eigenvalue weighted by Gasteiger charge is -2.14. The third-order valence-electron chi connectivity index (χ3n) is 3.04. The monoisotopic (exact) mass is 410 g/mol. The van der Waals surface area contributed by atoms with Crippen molar-refractivity contribution in [3.8, 4) is 0 Å². The highest BCUT2D eigenvalue weighted by Crippen LogP contribution is 2.19. The van der Waals surface area contributed by atoms with E-state index >= 15 is 0 Å². The molecule has 0 fully saturated rings. The van der Waals surface area contributed by atoms with Gasteiger partial charge in [0.2, 0.25) is 5.95 Å². The summed E-state index contributed by atoms with van der Waals surface area (Å²) in [6, 6.07) is 5.90. The van der Waals surface area contributed by atoms with E-state index in [-0.39, 0.29) is 18.7 Å². The first kappa shape index (κ1) is 18.8. The van der Waals surface area contributed by atoms with Crippen molar-refractivity contribution in [2.24, 2.45) is 0 Å². The van der Waals surface area contributed by atoms with Gasteiger partial charge in [0, 0.05) is 23.4 Å². The maximum absolute atomic E-state index is 13.7. The molecule has 2 aromatic rings. The van der Waals surface area contributed by atoms with E-state index in [2.05, 4.69) is 36.5 Å². The lowest BCUT2D eigenvalue weighted by Crippen LogP contribution is -2.30. The highest BCUT2D eigenvalue weighted by molar-refractivity contribution is 9.10. The van der Waals surface area contributed by atoms with Crippen LogP contribution in [0.2, 0.25) is 0 Å². The second kappa shape index (κ2) is 9.07. The van der Waals surface area contributed by atoms with Crippen molar-refractivity contribution in [1.82, 2.24) is 9.97 Å². The van der Waals surface area contributed by atoms with Crippen LogP contribution in [0.25, 0.3) is 0 Å². The van der Waals surface area contributed by atoms with Crippen LogP contribution >= 0.6 is 15.9 Å². The van der Waals surface area contributed by atoms with Gasteiger partial charge in [-0.15, -0.1) is 0 Å². The lowest BCUT2D eigenvalue weighted by atomic mass is 10.3. The smallest absolute Gasteiger partial charge is 0.308 e. The summed E-state index contributed by atoms with van der Waals surface area (Å²) < 4.78 is 19.3. The summed E-state index contributed by atoms with van der Waals surface area (Å²) in [5.41, 5.74) is 0.0130. The molecule has 9 heteroatoms. The second-order valence-corrected chi connectivity index (χ2v) is 5.91. The van der Waals surface area contributed by atoms with E-state index in [1.165, 1.54) is 19.1 Å². The minimum atomic E-state index is -1.05. The fourth-order valence-electron chi connectivity index (χ4n) is 1.80. The van der Waals surface area contributed by atoms with E-state index in [4.69, 9.17) is 4.74 Å². The van der Waals surface area contributed by atoms with Gasteiger partial charge >= 0.3 is 5.97 Å². The summed E-state index contributed by atoms with van der Waals surface area (Å²) in [5, 5.41) is 5.23. The molecule has 1 aromatic heterocycles. The molecule has 0 saturated heterocycles. The minimum absolute atomic E-state index is 0.0130. The number of halogens is 2. The molecule has 7 nitrogen and oxygen atoms in total. The third-order valence-corrected chi connectivity index (χ3v) is 3.54. The molecule has 0 aliphatic heterocycles. The van der Waals surface area contributed by atoms with E-state index < -0.39 is 23.8 Å². The molecule has 1 atom stereocenters. The molecule has 1 aromatic carbocycles. The largest absolute Gasteiger partial charge is 0.452 e. The van der Waals surface area contributed by atoms with Gasteiger partial charge in [0.1, 0.15) is 5.82 Å². The van der Waals surface area contributed by atoms with E-state index in [9.17, 15) is 14.0 Å². The Bertz CT molecular complexity index is 745. The average molecular weight is 411 g/mol. The van der Waals surface area contributed by atoms with Crippen LogP contribution in [0.15, 0.2) is 41.1 Å². The first-order valence-electron chi connectivity index (χ1n) is 7.42. The normalized spacial score (nSPS) is 11.5. The Morgan fingerprint density at radius 2 is 2.04 bits per heavy atom. The van der Waals surface area contributed by atoms with Crippen molar-refractivity contribution in [2.45, 2.75) is 19.4 Å². The predicted molar refractivity (Wildman–Crippen MR) is 93.4 cm³/mol. The van der Waals surface area contributed by atoms with Crippen molar-refractivity contribution in [2.75, 3.05) is 17.2 Å². The first-order chi connectivity index (χ1) is 12.0. The maximum atomic E-state index is 13.7. The average Bonchev–Trinajstić information content (AvgIpc) is 2.58. The number of hydrogen-bond donors (Lipinski definition) is 2. The molecule has 2 rings (SSSR count). The summed E-state index contributed by atoms with van der Waals surface area (Å²) in [6.07, 6.45) is 2.12. The molecule has 0 spiro atoms. The minimum Gasteiger partial charge on any atom is -0.452 e. The van der Waals surface area contributed by atoms with E-state index in [1.54, 1.807) is 24.5 Å². The number of ether oxygens (including phenoxy) is 1. The second-order valence-electron chi connectivity index (χ2n) is 4.99. The van der Waals surface area contributed by atoms with Gasteiger partial charge in [-0.1, -0.05) is 15.9 Å². The van der Waals surface area contributed by atoms with Gasteiger partial charge in [0.25, 0.3) is 5.91 Å². The van der Waals surface area contributed by atoms with Gasteiger partial charge in [-0.3, -0.25) is 9.59 Å². The van der Waals surface area contributed by atoms with Gasteiger partial charge in [-0.05, 0) is 31.2 Å². The number of esters is 1. The Hall–Kier alpha value is -2.55. The summed E-state index contributed by atoms with van der Waals surface area (Å²) in [7, 11) is 0. The number of amides is 1. The Morgan fingerprint density at radius 1 is 1.32 bits per heavy atom. The molecule has 132 valence electrons. The Balaban J connectivity index is 1.77. The van der Waals surface area contributed by atoms with Crippen LogP contribution in [0.3, 0.4) is 0 Å². The summed E-state index contributed by atoms with van der Waals surface area (Å²) in [6.45, 7) is 1.68. The predicted octanol–water partition coefficient (Wildman–Crippen LogP) is 2.75. The first-order valence-corrected chi connectivity index (χ1v) is 8.21. The number of carbonyl (C=O) groups is 2. The van der Waals surface area contributed by atoms with Crippen LogP contribution < -0.4 is 10.6 Å². The number of nitrogens with zero attached hydrogens (tertiary/aromatic N) is 2. The van der Waals surface area contributed by atoms with Crippen LogP contribution in [-0.4, -0.2) is 34.5 Å². The van der Waals surface area contributed by atoms with E-state index in [1.807, 2.05) is 0 Å². The Morgan fingerprint density at radius 3 is 2.72 bits per heavy atom. The fourth-order valence-corrected chi connectivity index (χ4v) is 2.13. The highest BCUT2D eigenvalue weighted by atomic mass is 79.9. The quantitative estimate of drug-likeness (QED) is 0.681. The van der Waals surface area contributed by atoms with Crippen molar-refractivity contribution >= 4 is 39.4 Å². The van der Waals surface area contributed by atoms with Crippen LogP contribution in [-0.2, 0) is 14.3 Å². The van der Waals surface area contributed by atoms with E-state index in [0.717, 1.165) is 0 Å². The summed E-state index contributed by atoms with van der Waals surface area (Å²) in [4.78, 5) is 31.6. The molecule has 25 heavy (non-hydrogen) atoms. The summed E-state index contributed by atoms with van der Waals surface area (Å²) >= 11 is 3.13. The molecule has 1 heterocycles. The molecule has 2 N–H and O–H groups in total. The molecule has 1 unspecified atom stereocenters. The number of nitrogens with one attached hydrogen (secondary N) is 2. The van der Waals surface area contributed by atoms with Crippen LogP contribution in [0, 0.1) is 5.82 Å². The number of rotatable bonds is 7. The van der Waals surface area contributed by atoms with Crippen molar-refractivity contribution in [3.05, 3.63) is 46.9 Å². The topological polar surface area (TPSA) is 93.2 Å². The number of anilines is 2. The lowest BCUT2D eigenvalue weighted by molar-refractivity contribution is -0.152. The zero-order valence-electron chi connectivity index (χ0n) is 13.3. The van der Waals surface area contributed by atoms with Crippen molar-refractivity contribution < 1.29 is 18.7 Å². The molecule has 0 saturated carbocycles. The number of carbonyl (C=O) groups excluding carboxylic acids is 2. The molecule has 1 amide bonds. The Labute approximate surface area is 152 Å². The van der Waals surface area contributed by atoms with Gasteiger partial charge in [-0.2, -0.15) is 0 Å².